The number of nitrogens with one attached hydrogen (secondary N) is 1. The predicted molar refractivity (Wildman–Crippen MR) is 88.9 cm³/mol. The van der Waals surface area contributed by atoms with Crippen LogP contribution in [-0.4, -0.2) is 24.2 Å². The number of hydrogen-bond acceptors (Lipinski definition) is 3. The molecule has 0 aromatic heterocycles. The maximum Gasteiger partial charge on any atom is 0.126 e. The molecule has 0 bridgehead atoms. The average molecular weight is 293 g/mol. The smallest absolute Gasteiger partial charge is 0.126 e. The first kappa shape index (κ1) is 15.7. The van der Waals surface area contributed by atoms with Gasteiger partial charge >= 0.3 is 0 Å². The van der Waals surface area contributed by atoms with Crippen LogP contribution in [0.3, 0.4) is 0 Å². The molecule has 2 nitrogen and oxygen atoms in total. The zero-order valence-corrected chi connectivity index (χ0v) is 13.8. The van der Waals surface area contributed by atoms with E-state index in [4.69, 9.17) is 4.74 Å². The lowest BCUT2D eigenvalue weighted by Gasteiger charge is -2.23. The van der Waals surface area contributed by atoms with Crippen molar-refractivity contribution in [2.75, 3.05) is 18.1 Å². The summed E-state index contributed by atoms with van der Waals surface area (Å²) >= 11 is 2.03. The van der Waals surface area contributed by atoms with Crippen LogP contribution in [0.1, 0.15) is 50.3 Å². The lowest BCUT2D eigenvalue weighted by Crippen LogP contribution is -2.31. The second-order valence-corrected chi connectivity index (χ2v) is 6.98. The fourth-order valence-electron chi connectivity index (χ4n) is 2.77. The third-order valence-electron chi connectivity index (χ3n) is 3.89. The van der Waals surface area contributed by atoms with Crippen molar-refractivity contribution in [2.24, 2.45) is 0 Å². The molecule has 1 aliphatic heterocycles. The quantitative estimate of drug-likeness (QED) is 0.789. The number of hydrogen-bond donors (Lipinski definition) is 1. The summed E-state index contributed by atoms with van der Waals surface area (Å²) in [4.78, 5) is 0. The van der Waals surface area contributed by atoms with Crippen molar-refractivity contribution in [1.82, 2.24) is 5.32 Å². The minimum Gasteiger partial charge on any atom is -0.493 e. The van der Waals surface area contributed by atoms with Crippen LogP contribution in [0.4, 0.5) is 0 Å². The monoisotopic (exact) mass is 293 g/mol. The summed E-state index contributed by atoms with van der Waals surface area (Å²) in [5, 5.41) is 3.81. The number of benzene rings is 1. The number of aryl methyl sites for hydroxylation is 1. The van der Waals surface area contributed by atoms with E-state index >= 15 is 0 Å². The Morgan fingerprint density at radius 1 is 1.45 bits per heavy atom. The molecule has 2 atom stereocenters. The molecule has 2 rings (SSSR count). The SMILES string of the molecule is CCSCCC(C)NC1CCCOc2c(C)cccc21. The van der Waals surface area contributed by atoms with Gasteiger partial charge in [-0.1, -0.05) is 25.1 Å². The first-order valence-corrected chi connectivity index (χ1v) is 8.94. The maximum atomic E-state index is 5.95. The summed E-state index contributed by atoms with van der Waals surface area (Å²) in [6.07, 6.45) is 3.53. The molecule has 1 aliphatic rings. The van der Waals surface area contributed by atoms with Gasteiger partial charge in [0.15, 0.2) is 0 Å². The lowest BCUT2D eigenvalue weighted by atomic mass is 9.99. The van der Waals surface area contributed by atoms with Gasteiger partial charge < -0.3 is 10.1 Å². The van der Waals surface area contributed by atoms with Crippen LogP contribution in [0.2, 0.25) is 0 Å². The number of ether oxygens (including phenoxy) is 1. The van der Waals surface area contributed by atoms with Crippen LogP contribution in [0.25, 0.3) is 0 Å². The summed E-state index contributed by atoms with van der Waals surface area (Å²) in [5.41, 5.74) is 2.60. The van der Waals surface area contributed by atoms with Crippen molar-refractivity contribution in [3.63, 3.8) is 0 Å². The van der Waals surface area contributed by atoms with Crippen LogP contribution in [-0.2, 0) is 0 Å². The van der Waals surface area contributed by atoms with E-state index in [1.807, 2.05) is 11.8 Å². The summed E-state index contributed by atoms with van der Waals surface area (Å²) in [7, 11) is 0. The number of fused-ring (bicyclic) bond motifs is 1. The van der Waals surface area contributed by atoms with Crippen molar-refractivity contribution >= 4 is 11.8 Å². The van der Waals surface area contributed by atoms with Crippen molar-refractivity contribution in [3.8, 4) is 5.75 Å². The summed E-state index contributed by atoms with van der Waals surface area (Å²) in [5.74, 6) is 3.57. The molecule has 1 N–H and O–H groups in total. The van der Waals surface area contributed by atoms with Gasteiger partial charge in [0.2, 0.25) is 0 Å². The van der Waals surface area contributed by atoms with Gasteiger partial charge in [0.05, 0.1) is 6.61 Å². The molecule has 0 aliphatic carbocycles. The molecule has 3 heteroatoms. The Kier molecular flexibility index (Phi) is 6.24. The molecular weight excluding hydrogens is 266 g/mol. The van der Waals surface area contributed by atoms with Gasteiger partial charge in [-0.15, -0.1) is 0 Å². The molecule has 1 aromatic carbocycles. The summed E-state index contributed by atoms with van der Waals surface area (Å²) in [6, 6.07) is 7.51. The molecule has 2 unspecified atom stereocenters. The molecular formula is C17H27NOS. The minimum atomic E-state index is 0.439. The highest BCUT2D eigenvalue weighted by Crippen LogP contribution is 2.34. The van der Waals surface area contributed by atoms with Gasteiger partial charge in [0.25, 0.3) is 0 Å². The van der Waals surface area contributed by atoms with E-state index in [-0.39, 0.29) is 0 Å². The molecule has 0 saturated carbocycles. The normalized spacial score (nSPS) is 19.9. The second kappa shape index (κ2) is 7.94. The Morgan fingerprint density at radius 2 is 2.30 bits per heavy atom. The van der Waals surface area contributed by atoms with Gasteiger partial charge in [-0.25, -0.2) is 0 Å². The molecule has 1 aromatic rings. The first-order valence-electron chi connectivity index (χ1n) is 7.78. The van der Waals surface area contributed by atoms with E-state index in [1.54, 1.807) is 0 Å². The molecule has 20 heavy (non-hydrogen) atoms. The Morgan fingerprint density at radius 3 is 3.10 bits per heavy atom. The number of para-hydroxylation sites is 1. The Bertz CT molecular complexity index is 421. The highest BCUT2D eigenvalue weighted by molar-refractivity contribution is 7.99. The molecule has 0 amide bonds. The zero-order chi connectivity index (χ0) is 14.4. The van der Waals surface area contributed by atoms with Gasteiger partial charge in [0, 0.05) is 17.6 Å². The fourth-order valence-corrected chi connectivity index (χ4v) is 3.58. The van der Waals surface area contributed by atoms with Crippen LogP contribution in [0.15, 0.2) is 18.2 Å². The standard InChI is InChI=1S/C17H27NOS/c1-4-20-12-10-14(3)18-16-9-6-11-19-17-13(2)7-5-8-15(16)17/h5,7-8,14,16,18H,4,6,9-12H2,1-3H3. The van der Waals surface area contributed by atoms with Crippen molar-refractivity contribution in [2.45, 2.75) is 52.1 Å². The highest BCUT2D eigenvalue weighted by atomic mass is 32.2. The zero-order valence-electron chi connectivity index (χ0n) is 12.9. The minimum absolute atomic E-state index is 0.439. The number of thioether (sulfide) groups is 1. The Hall–Kier alpha value is -0.670. The van der Waals surface area contributed by atoms with Crippen LogP contribution in [0, 0.1) is 6.92 Å². The van der Waals surface area contributed by atoms with Gasteiger partial charge in [0.1, 0.15) is 5.75 Å². The van der Waals surface area contributed by atoms with Crippen LogP contribution in [0.5, 0.6) is 5.75 Å². The van der Waals surface area contributed by atoms with Crippen molar-refractivity contribution in [1.29, 1.82) is 0 Å². The topological polar surface area (TPSA) is 21.3 Å². The predicted octanol–water partition coefficient (Wildman–Crippen LogP) is 4.33. The van der Waals surface area contributed by atoms with Gasteiger partial charge in [-0.3, -0.25) is 0 Å². The second-order valence-electron chi connectivity index (χ2n) is 5.59. The third kappa shape index (κ3) is 4.16. The molecule has 0 spiro atoms. The Labute approximate surface area is 127 Å². The maximum absolute atomic E-state index is 5.95. The average Bonchev–Trinajstić information content (AvgIpc) is 2.63. The van der Waals surface area contributed by atoms with Gasteiger partial charge in [-0.05, 0) is 50.2 Å². The van der Waals surface area contributed by atoms with E-state index < -0.39 is 0 Å². The number of rotatable bonds is 6. The third-order valence-corrected chi connectivity index (χ3v) is 4.82. The molecule has 0 saturated heterocycles. The molecule has 112 valence electrons. The van der Waals surface area contributed by atoms with E-state index in [2.05, 4.69) is 44.3 Å². The fraction of sp³-hybridized carbons (Fsp3) is 0.647. The van der Waals surface area contributed by atoms with E-state index in [1.165, 1.54) is 35.5 Å². The van der Waals surface area contributed by atoms with E-state index in [0.29, 0.717) is 12.1 Å². The van der Waals surface area contributed by atoms with E-state index in [9.17, 15) is 0 Å². The molecule has 1 heterocycles. The highest BCUT2D eigenvalue weighted by Gasteiger charge is 2.21. The molecule has 0 fully saturated rings. The summed E-state index contributed by atoms with van der Waals surface area (Å²) < 4.78 is 5.95. The molecule has 0 radical (unpaired) electrons. The Balaban J connectivity index is 2.03. The first-order chi connectivity index (χ1) is 9.72. The largest absolute Gasteiger partial charge is 0.493 e. The van der Waals surface area contributed by atoms with Crippen molar-refractivity contribution < 1.29 is 4.74 Å². The van der Waals surface area contributed by atoms with Crippen LogP contribution < -0.4 is 10.1 Å². The van der Waals surface area contributed by atoms with E-state index in [0.717, 1.165) is 18.8 Å². The lowest BCUT2D eigenvalue weighted by molar-refractivity contribution is 0.312. The summed E-state index contributed by atoms with van der Waals surface area (Å²) in [6.45, 7) is 7.51. The van der Waals surface area contributed by atoms with Crippen molar-refractivity contribution in [3.05, 3.63) is 29.3 Å². The van der Waals surface area contributed by atoms with Crippen LogP contribution >= 0.6 is 11.8 Å². The van der Waals surface area contributed by atoms with Gasteiger partial charge in [-0.2, -0.15) is 11.8 Å².